The zero-order chi connectivity index (χ0) is 64.2. The van der Waals surface area contributed by atoms with Crippen molar-refractivity contribution in [2.45, 2.75) is 342 Å². The van der Waals surface area contributed by atoms with Gasteiger partial charge in [0.2, 0.25) is 0 Å². The molecule has 0 aromatic carbocycles. The molecule has 0 bridgehead atoms. The van der Waals surface area contributed by atoms with Gasteiger partial charge in [-0.2, -0.15) is 0 Å². The Morgan fingerprint density at radius 1 is 0.368 bits per heavy atom. The summed E-state index contributed by atoms with van der Waals surface area (Å²) in [5.41, 5.74) is 0. The average molecular weight is 1280 g/mol. The number of rotatable bonds is 66. The van der Waals surface area contributed by atoms with Gasteiger partial charge < -0.3 is 33.8 Å². The minimum atomic E-state index is -4.96. The summed E-state index contributed by atoms with van der Waals surface area (Å²) in [6.45, 7) is 7.10. The van der Waals surface area contributed by atoms with Crippen LogP contribution >= 0.6 is 15.6 Å². The molecule has 87 heavy (non-hydrogen) atoms. The van der Waals surface area contributed by atoms with Crippen LogP contribution < -0.4 is 0 Å². The topological polar surface area (TPSA) is 237 Å². The summed E-state index contributed by atoms with van der Waals surface area (Å²) in [5, 5.41) is 10.6. The van der Waals surface area contributed by atoms with Gasteiger partial charge in [0.05, 0.1) is 26.4 Å². The Hall–Kier alpha value is -2.46. The third kappa shape index (κ3) is 60.9. The molecule has 3 unspecified atom stereocenters. The van der Waals surface area contributed by atoms with E-state index < -0.39 is 97.5 Å². The number of aliphatic hydroxyl groups is 1. The van der Waals surface area contributed by atoms with Crippen molar-refractivity contribution in [3.05, 3.63) is 24.3 Å². The molecule has 0 aliphatic carbocycles. The lowest BCUT2D eigenvalue weighted by molar-refractivity contribution is -0.161. The van der Waals surface area contributed by atoms with Crippen molar-refractivity contribution in [3.63, 3.8) is 0 Å². The van der Waals surface area contributed by atoms with Gasteiger partial charge in [-0.05, 0) is 57.3 Å². The second-order valence-electron chi connectivity index (χ2n) is 24.1. The van der Waals surface area contributed by atoms with E-state index in [1.807, 2.05) is 0 Å². The number of esters is 4. The molecule has 19 heteroatoms. The van der Waals surface area contributed by atoms with Gasteiger partial charge >= 0.3 is 39.5 Å². The van der Waals surface area contributed by atoms with Crippen molar-refractivity contribution in [3.8, 4) is 0 Å². The van der Waals surface area contributed by atoms with Gasteiger partial charge in [0.1, 0.15) is 19.3 Å². The summed E-state index contributed by atoms with van der Waals surface area (Å²) in [7, 11) is -9.91. The largest absolute Gasteiger partial charge is 0.472 e. The Balaban J connectivity index is 5.28. The molecule has 0 amide bonds. The van der Waals surface area contributed by atoms with E-state index in [0.29, 0.717) is 25.7 Å². The number of phosphoric ester groups is 2. The van der Waals surface area contributed by atoms with E-state index in [9.17, 15) is 43.2 Å². The Bertz CT molecular complexity index is 1780. The monoisotopic (exact) mass is 1280 g/mol. The lowest BCUT2D eigenvalue weighted by Gasteiger charge is -2.21. The highest BCUT2D eigenvalue weighted by atomic mass is 31.2. The van der Waals surface area contributed by atoms with Gasteiger partial charge in [-0.1, -0.05) is 271 Å². The first kappa shape index (κ1) is 84.5. The molecule has 3 N–H and O–H groups in total. The quantitative estimate of drug-likeness (QED) is 0.0169. The first-order chi connectivity index (χ1) is 42.1. The van der Waals surface area contributed by atoms with Crippen LogP contribution in [0.5, 0.6) is 0 Å². The Kier molecular flexibility index (Phi) is 59.3. The molecule has 0 aliphatic heterocycles. The zero-order valence-corrected chi connectivity index (χ0v) is 57.4. The van der Waals surface area contributed by atoms with Gasteiger partial charge in [-0.15, -0.1) is 0 Å². The zero-order valence-electron chi connectivity index (χ0n) is 55.6. The van der Waals surface area contributed by atoms with Crippen molar-refractivity contribution < 1.29 is 80.2 Å². The van der Waals surface area contributed by atoms with E-state index >= 15 is 0 Å². The van der Waals surface area contributed by atoms with Crippen LogP contribution in [-0.2, 0) is 65.4 Å². The first-order valence-electron chi connectivity index (χ1n) is 35.0. The molecular weight excluding hydrogens is 1150 g/mol. The molecule has 0 spiro atoms. The smallest absolute Gasteiger partial charge is 0.462 e. The summed E-state index contributed by atoms with van der Waals surface area (Å²) in [6, 6.07) is 0. The van der Waals surface area contributed by atoms with Crippen molar-refractivity contribution in [1.29, 1.82) is 0 Å². The standard InChI is InChI=1S/C68H128O17P2/c1-6-10-13-16-19-22-25-27-28-29-31-34-37-43-48-53-67(72)84-63(57-78-66(71)52-47-42-36-33-30-26-23-20-17-14-11-7-2)59-82-86(74,75)80-55-62(69)56-81-87(76,77)83-60-64(85-68(73)54-49-44-39-38-40-45-50-61(5)9-4)58-79-65(70)51-46-41-35-32-24-21-18-15-12-8-3/h22,25,27-28,61-64,69H,6-21,23-24,26,29-60H2,1-5H3,(H,74,75)(H,76,77)/b25-22-,28-27-/t61?,62-,63-,64-/m1/s1. The van der Waals surface area contributed by atoms with Crippen molar-refractivity contribution >= 4 is 39.5 Å². The van der Waals surface area contributed by atoms with E-state index in [1.54, 1.807) is 0 Å². The van der Waals surface area contributed by atoms with Crippen LogP contribution in [0, 0.1) is 5.92 Å². The van der Waals surface area contributed by atoms with Gasteiger partial charge in [0.25, 0.3) is 0 Å². The second kappa shape index (κ2) is 61.1. The number of hydrogen-bond donors (Lipinski definition) is 3. The summed E-state index contributed by atoms with van der Waals surface area (Å²) < 4.78 is 68.1. The molecule has 0 saturated carbocycles. The van der Waals surface area contributed by atoms with Crippen molar-refractivity contribution in [2.24, 2.45) is 5.92 Å². The molecule has 17 nitrogen and oxygen atoms in total. The number of carbonyl (C=O) groups is 4. The molecule has 0 aromatic heterocycles. The van der Waals surface area contributed by atoms with E-state index in [-0.39, 0.29) is 25.7 Å². The Morgan fingerprint density at radius 2 is 0.644 bits per heavy atom. The summed E-state index contributed by atoms with van der Waals surface area (Å²) in [6.07, 6.45) is 49.3. The van der Waals surface area contributed by atoms with Crippen LogP contribution in [0.1, 0.15) is 324 Å². The maximum Gasteiger partial charge on any atom is 0.472 e. The predicted molar refractivity (Wildman–Crippen MR) is 349 cm³/mol. The highest BCUT2D eigenvalue weighted by molar-refractivity contribution is 7.47. The van der Waals surface area contributed by atoms with Gasteiger partial charge in [-0.3, -0.25) is 37.3 Å². The molecule has 0 radical (unpaired) electrons. The Labute approximate surface area is 529 Å². The Morgan fingerprint density at radius 3 is 0.977 bits per heavy atom. The molecule has 6 atom stereocenters. The summed E-state index contributed by atoms with van der Waals surface area (Å²) >= 11 is 0. The minimum absolute atomic E-state index is 0.0852. The number of phosphoric acid groups is 2. The van der Waals surface area contributed by atoms with E-state index in [4.69, 9.17) is 37.0 Å². The normalized spacial score (nSPS) is 14.6. The van der Waals surface area contributed by atoms with Crippen LogP contribution in [0.3, 0.4) is 0 Å². The van der Waals surface area contributed by atoms with Gasteiger partial charge in [-0.25, -0.2) is 9.13 Å². The molecule has 0 aromatic rings. The van der Waals surface area contributed by atoms with Gasteiger partial charge in [0.15, 0.2) is 12.2 Å². The fraction of sp³-hybridized carbons (Fsp3) is 0.882. The van der Waals surface area contributed by atoms with Gasteiger partial charge in [0, 0.05) is 25.7 Å². The number of unbranched alkanes of at least 4 members (excludes halogenated alkanes) is 34. The maximum absolute atomic E-state index is 13.0. The number of allylic oxidation sites excluding steroid dienone is 4. The fourth-order valence-electron chi connectivity index (χ4n) is 9.72. The fourth-order valence-corrected chi connectivity index (χ4v) is 11.3. The number of aliphatic hydroxyl groups excluding tert-OH is 1. The van der Waals surface area contributed by atoms with Crippen LogP contribution in [0.25, 0.3) is 0 Å². The summed E-state index contributed by atoms with van der Waals surface area (Å²) in [5.74, 6) is -1.44. The number of ether oxygens (including phenoxy) is 4. The van der Waals surface area contributed by atoms with Crippen LogP contribution in [0.2, 0.25) is 0 Å². The van der Waals surface area contributed by atoms with E-state index in [2.05, 4.69) is 58.9 Å². The third-order valence-electron chi connectivity index (χ3n) is 15.5. The molecular formula is C68H128O17P2. The number of hydrogen-bond acceptors (Lipinski definition) is 15. The lowest BCUT2D eigenvalue weighted by atomic mass is 10.00. The highest BCUT2D eigenvalue weighted by Gasteiger charge is 2.30. The molecule has 0 fully saturated rings. The maximum atomic E-state index is 13.0. The molecule has 0 saturated heterocycles. The van der Waals surface area contributed by atoms with Crippen LogP contribution in [0.4, 0.5) is 0 Å². The first-order valence-corrected chi connectivity index (χ1v) is 38.0. The third-order valence-corrected chi connectivity index (χ3v) is 17.4. The predicted octanol–water partition coefficient (Wildman–Crippen LogP) is 18.9. The van der Waals surface area contributed by atoms with Crippen LogP contribution in [0.15, 0.2) is 24.3 Å². The second-order valence-corrected chi connectivity index (χ2v) is 27.0. The van der Waals surface area contributed by atoms with Crippen molar-refractivity contribution in [1.82, 2.24) is 0 Å². The molecule has 512 valence electrons. The molecule has 0 aliphatic rings. The molecule has 0 heterocycles. The van der Waals surface area contributed by atoms with E-state index in [1.165, 1.54) is 135 Å². The highest BCUT2D eigenvalue weighted by Crippen LogP contribution is 2.45. The SMILES string of the molecule is CCCCCC/C=C\C=C/CCCCCCCC(=O)O[C@H](COC(=O)CCCCCCCCCCCCCC)COP(=O)(O)OC[C@@H](O)COP(=O)(O)OC[C@@H](COC(=O)CCCCCCCCCCCC)OC(=O)CCCCCCCCC(C)CC. The number of carbonyl (C=O) groups excluding carboxylic acids is 4. The van der Waals surface area contributed by atoms with E-state index in [0.717, 1.165) is 109 Å². The van der Waals surface area contributed by atoms with Crippen LogP contribution in [-0.4, -0.2) is 96.7 Å². The minimum Gasteiger partial charge on any atom is -0.462 e. The average Bonchev–Trinajstić information content (AvgIpc) is 3.70. The molecule has 0 rings (SSSR count). The summed E-state index contributed by atoms with van der Waals surface area (Å²) in [4.78, 5) is 72.4. The lowest BCUT2D eigenvalue weighted by Crippen LogP contribution is -2.30. The van der Waals surface area contributed by atoms with Crippen molar-refractivity contribution in [2.75, 3.05) is 39.6 Å².